The molecule has 6 rings (SSSR count). The second kappa shape index (κ2) is 16.7. The number of hydrogen-bond donors (Lipinski definition) is 2. The molecule has 6 aromatic rings. The quantitative estimate of drug-likeness (QED) is 0.142. The van der Waals surface area contributed by atoms with Crippen LogP contribution in [0.2, 0.25) is 0 Å². The maximum absolute atomic E-state index is 14.1. The first-order chi connectivity index (χ1) is 27.4. The number of pyridine rings is 2. The minimum atomic E-state index is -5.05. The van der Waals surface area contributed by atoms with Gasteiger partial charge in [0.05, 0.1) is 47.6 Å². The summed E-state index contributed by atoms with van der Waals surface area (Å²) in [7, 11) is 0. The van der Waals surface area contributed by atoms with E-state index in [9.17, 15) is 53.5 Å². The average Bonchev–Trinajstić information content (AvgIpc) is 3.71. The standard InChI is InChI=1S/C20H17F5N4O3.C16H8F5N3O3/c1-19(2,3)32-18(30)27-17-8-16(29(28-17)14-6-13(22)9-26-10-14)11-4-12(21)7-15(5-11)31-20(23,24)25;17-9-1-8(2-12(4-9)27-16(19,20)21)14-5-13(15(25)26)23-24(14)11-3-10(18)6-22-7-11/h4-10H,1-3H3,(H,27,28,30);1-7H,(H,25,26). The molecule has 0 atom stereocenters. The van der Waals surface area contributed by atoms with Crippen molar-refractivity contribution in [3.63, 3.8) is 0 Å². The van der Waals surface area contributed by atoms with Crippen molar-refractivity contribution in [1.82, 2.24) is 29.5 Å². The van der Waals surface area contributed by atoms with Crippen LogP contribution in [0.1, 0.15) is 31.3 Å². The Balaban J connectivity index is 0.000000227. The molecule has 0 saturated heterocycles. The first-order valence-corrected chi connectivity index (χ1v) is 16.2. The van der Waals surface area contributed by atoms with E-state index in [2.05, 4.69) is 35.0 Å². The van der Waals surface area contributed by atoms with Gasteiger partial charge in [-0.05, 0) is 51.1 Å². The fourth-order valence-electron chi connectivity index (χ4n) is 4.98. The number of anilines is 1. The Morgan fingerprint density at radius 1 is 0.610 bits per heavy atom. The zero-order chi connectivity index (χ0) is 43.4. The molecule has 0 aliphatic heterocycles. The van der Waals surface area contributed by atoms with Gasteiger partial charge in [0.1, 0.15) is 40.4 Å². The van der Waals surface area contributed by atoms with Crippen LogP contribution >= 0.6 is 0 Å². The van der Waals surface area contributed by atoms with Gasteiger partial charge < -0.3 is 19.3 Å². The maximum atomic E-state index is 14.1. The fourth-order valence-corrected chi connectivity index (χ4v) is 4.98. The van der Waals surface area contributed by atoms with E-state index in [0.29, 0.717) is 12.1 Å². The van der Waals surface area contributed by atoms with Crippen LogP contribution in [-0.4, -0.2) is 65.0 Å². The number of carboxylic acid groups (broad SMARTS) is 1. The zero-order valence-corrected chi connectivity index (χ0v) is 30.0. The second-order valence-electron chi connectivity index (χ2n) is 12.8. The Hall–Kier alpha value is -7.20. The number of halogens is 10. The average molecular weight is 842 g/mol. The molecule has 4 heterocycles. The molecule has 0 spiro atoms. The molecule has 0 unspecified atom stereocenters. The van der Waals surface area contributed by atoms with Gasteiger partial charge in [0.25, 0.3) is 0 Å². The van der Waals surface area contributed by atoms with Gasteiger partial charge in [0, 0.05) is 41.5 Å². The first kappa shape index (κ1) is 42.9. The highest BCUT2D eigenvalue weighted by Crippen LogP contribution is 2.34. The molecule has 4 aromatic heterocycles. The predicted octanol–water partition coefficient (Wildman–Crippen LogP) is 9.27. The molecule has 0 saturated carbocycles. The highest BCUT2D eigenvalue weighted by molar-refractivity contribution is 5.87. The molecule has 310 valence electrons. The summed E-state index contributed by atoms with van der Waals surface area (Å²) >= 11 is 0. The number of carboxylic acids is 1. The van der Waals surface area contributed by atoms with Crippen LogP contribution in [-0.2, 0) is 4.74 Å². The van der Waals surface area contributed by atoms with E-state index >= 15 is 0 Å². The van der Waals surface area contributed by atoms with Gasteiger partial charge in [-0.2, -0.15) is 5.10 Å². The molecule has 2 aromatic carbocycles. The summed E-state index contributed by atoms with van der Waals surface area (Å²) in [5.41, 5.74) is -1.58. The lowest BCUT2D eigenvalue weighted by molar-refractivity contribution is -0.275. The van der Waals surface area contributed by atoms with Crippen molar-refractivity contribution in [2.45, 2.75) is 39.1 Å². The number of ether oxygens (including phenoxy) is 3. The second-order valence-corrected chi connectivity index (χ2v) is 12.8. The number of aromatic nitrogens is 6. The minimum absolute atomic E-state index is 0.0138. The molecule has 1 amide bonds. The van der Waals surface area contributed by atoms with Crippen LogP contribution in [0.3, 0.4) is 0 Å². The summed E-state index contributed by atoms with van der Waals surface area (Å²) in [5, 5.41) is 19.4. The number of alkyl halides is 6. The number of nitrogens with zero attached hydrogens (tertiary/aromatic N) is 6. The van der Waals surface area contributed by atoms with Crippen LogP contribution < -0.4 is 14.8 Å². The van der Waals surface area contributed by atoms with E-state index in [1.807, 2.05) is 0 Å². The van der Waals surface area contributed by atoms with Crippen molar-refractivity contribution in [3.8, 4) is 45.4 Å². The Labute approximate surface area is 324 Å². The van der Waals surface area contributed by atoms with Gasteiger partial charge in [0.15, 0.2) is 11.5 Å². The first-order valence-electron chi connectivity index (χ1n) is 16.2. The monoisotopic (exact) mass is 841 g/mol. The summed E-state index contributed by atoms with van der Waals surface area (Å²) in [6.45, 7) is 4.93. The van der Waals surface area contributed by atoms with E-state index in [-0.39, 0.29) is 39.7 Å². The Morgan fingerprint density at radius 3 is 1.49 bits per heavy atom. The number of rotatable bonds is 8. The highest BCUT2D eigenvalue weighted by atomic mass is 19.4. The third-order valence-corrected chi connectivity index (χ3v) is 6.94. The van der Waals surface area contributed by atoms with Gasteiger partial charge in [-0.3, -0.25) is 15.3 Å². The SMILES string of the molecule is CC(C)(C)OC(=O)Nc1cc(-c2cc(F)cc(OC(F)(F)F)c2)n(-c2cncc(F)c2)n1.O=C(O)c1cc(-c2cc(F)cc(OC(F)(F)F)c2)n(-c2cncc(F)c2)n1. The van der Waals surface area contributed by atoms with Crippen LogP contribution in [0.4, 0.5) is 54.5 Å². The number of carbonyl (C=O) groups is 2. The number of hydrogen-bond acceptors (Lipinski definition) is 9. The lowest BCUT2D eigenvalue weighted by Gasteiger charge is -2.19. The molecule has 59 heavy (non-hydrogen) atoms. The van der Waals surface area contributed by atoms with Crippen LogP contribution in [0, 0.1) is 23.3 Å². The summed E-state index contributed by atoms with van der Waals surface area (Å²) in [4.78, 5) is 30.6. The smallest absolute Gasteiger partial charge is 0.476 e. The van der Waals surface area contributed by atoms with E-state index in [0.717, 1.165) is 70.4 Å². The maximum Gasteiger partial charge on any atom is 0.573 e. The summed E-state index contributed by atoms with van der Waals surface area (Å²) in [6, 6.07) is 8.91. The van der Waals surface area contributed by atoms with E-state index in [1.54, 1.807) is 20.8 Å². The topological polar surface area (TPSA) is 156 Å². The van der Waals surface area contributed by atoms with Crippen molar-refractivity contribution in [2.24, 2.45) is 0 Å². The van der Waals surface area contributed by atoms with Crippen LogP contribution in [0.25, 0.3) is 33.9 Å². The third kappa shape index (κ3) is 12.1. The molecule has 0 fully saturated rings. The third-order valence-electron chi connectivity index (χ3n) is 6.94. The number of carbonyl (C=O) groups excluding carboxylic acids is 1. The van der Waals surface area contributed by atoms with E-state index in [1.165, 1.54) is 12.3 Å². The molecule has 0 aliphatic rings. The van der Waals surface area contributed by atoms with Crippen LogP contribution in [0.5, 0.6) is 11.5 Å². The van der Waals surface area contributed by atoms with Crippen molar-refractivity contribution >= 4 is 17.9 Å². The fraction of sp³-hybridized carbons (Fsp3) is 0.167. The molecule has 0 aliphatic carbocycles. The summed E-state index contributed by atoms with van der Waals surface area (Å²) < 4.78 is 145. The molecule has 0 radical (unpaired) electrons. The van der Waals surface area contributed by atoms with Crippen molar-refractivity contribution < 1.29 is 72.8 Å². The largest absolute Gasteiger partial charge is 0.573 e. The number of benzene rings is 2. The Kier molecular flexibility index (Phi) is 12.2. The predicted molar refractivity (Wildman–Crippen MR) is 184 cm³/mol. The minimum Gasteiger partial charge on any atom is -0.476 e. The molecule has 23 heteroatoms. The van der Waals surface area contributed by atoms with E-state index < -0.39 is 70.9 Å². The Morgan fingerprint density at radius 2 is 1.07 bits per heavy atom. The summed E-state index contributed by atoms with van der Waals surface area (Å²) in [5.74, 6) is -6.73. The molecule has 0 bridgehead atoms. The Bertz CT molecular complexity index is 2500. The molecular formula is C36H25F10N7O6. The van der Waals surface area contributed by atoms with Gasteiger partial charge in [-0.25, -0.2) is 36.5 Å². The number of amides is 1. The zero-order valence-electron chi connectivity index (χ0n) is 30.0. The van der Waals surface area contributed by atoms with Gasteiger partial charge in [-0.1, -0.05) is 0 Å². The van der Waals surface area contributed by atoms with Crippen molar-refractivity contribution in [1.29, 1.82) is 0 Å². The number of nitrogens with one attached hydrogen (secondary N) is 1. The summed E-state index contributed by atoms with van der Waals surface area (Å²) in [6.07, 6.45) is -6.75. The van der Waals surface area contributed by atoms with E-state index in [4.69, 9.17) is 9.84 Å². The highest BCUT2D eigenvalue weighted by Gasteiger charge is 2.33. The van der Waals surface area contributed by atoms with Crippen LogP contribution in [0.15, 0.2) is 85.5 Å². The molecule has 13 nitrogen and oxygen atoms in total. The normalized spacial score (nSPS) is 11.7. The van der Waals surface area contributed by atoms with Gasteiger partial charge in [0.2, 0.25) is 0 Å². The van der Waals surface area contributed by atoms with Gasteiger partial charge >= 0.3 is 24.8 Å². The van der Waals surface area contributed by atoms with Crippen molar-refractivity contribution in [3.05, 3.63) is 114 Å². The number of aromatic carboxylic acids is 1. The lowest BCUT2D eigenvalue weighted by Crippen LogP contribution is -2.27. The lowest BCUT2D eigenvalue weighted by atomic mass is 10.1. The molecular weight excluding hydrogens is 816 g/mol. The van der Waals surface area contributed by atoms with Crippen molar-refractivity contribution in [2.75, 3.05) is 5.32 Å². The molecule has 2 N–H and O–H groups in total. The van der Waals surface area contributed by atoms with Gasteiger partial charge in [-0.15, -0.1) is 31.4 Å².